The number of amides is 1. The Morgan fingerprint density at radius 1 is 1.07 bits per heavy atom. The van der Waals surface area contributed by atoms with Crippen molar-refractivity contribution in [2.75, 3.05) is 18.2 Å². The summed E-state index contributed by atoms with van der Waals surface area (Å²) in [7, 11) is 3.42. The van der Waals surface area contributed by atoms with Crippen LogP contribution in [0.1, 0.15) is 22.6 Å². The van der Waals surface area contributed by atoms with E-state index in [1.807, 2.05) is 41.9 Å². The van der Waals surface area contributed by atoms with Crippen molar-refractivity contribution in [1.29, 1.82) is 0 Å². The number of nitrogens with one attached hydrogen (secondary N) is 1. The van der Waals surface area contributed by atoms with E-state index in [4.69, 9.17) is 4.74 Å². The molecule has 0 saturated heterocycles. The van der Waals surface area contributed by atoms with Gasteiger partial charge >= 0.3 is 0 Å². The summed E-state index contributed by atoms with van der Waals surface area (Å²) in [4.78, 5) is 24.4. The second-order valence-corrected chi connectivity index (χ2v) is 7.25. The average molecular weight is 410 g/mol. The number of ketones is 1. The van der Waals surface area contributed by atoms with Gasteiger partial charge in [-0.15, -0.1) is 10.2 Å². The Balaban J connectivity index is 1.50. The van der Waals surface area contributed by atoms with Gasteiger partial charge in [0, 0.05) is 31.1 Å². The highest BCUT2D eigenvalue weighted by molar-refractivity contribution is 7.99. The second-order valence-electron chi connectivity index (χ2n) is 6.31. The molecule has 29 heavy (non-hydrogen) atoms. The Kier molecular flexibility index (Phi) is 7.02. The van der Waals surface area contributed by atoms with Gasteiger partial charge in [-0.05, 0) is 36.4 Å². The number of hydrogen-bond acceptors (Lipinski definition) is 6. The Hall–Kier alpha value is -3.13. The lowest BCUT2D eigenvalue weighted by Crippen LogP contribution is -2.13. The van der Waals surface area contributed by atoms with Crippen LogP contribution in [0.5, 0.6) is 5.75 Å². The molecule has 1 heterocycles. The van der Waals surface area contributed by atoms with E-state index in [1.165, 1.54) is 11.8 Å². The maximum atomic E-state index is 12.4. The number of para-hydroxylation sites is 1. The minimum absolute atomic E-state index is 0.00411. The highest BCUT2D eigenvalue weighted by atomic mass is 32.2. The molecule has 0 fully saturated rings. The Morgan fingerprint density at radius 3 is 2.48 bits per heavy atom. The summed E-state index contributed by atoms with van der Waals surface area (Å²) in [6.45, 7) is 0. The minimum Gasteiger partial charge on any atom is -0.497 e. The first-order valence-corrected chi connectivity index (χ1v) is 10.1. The van der Waals surface area contributed by atoms with E-state index < -0.39 is 0 Å². The van der Waals surface area contributed by atoms with Gasteiger partial charge in [-0.3, -0.25) is 9.59 Å². The van der Waals surface area contributed by atoms with Crippen LogP contribution in [0.25, 0.3) is 0 Å². The molecule has 7 nitrogen and oxygen atoms in total. The molecule has 0 bridgehead atoms. The monoisotopic (exact) mass is 410 g/mol. The molecule has 2 aromatic carbocycles. The number of carbonyl (C=O) groups is 2. The topological polar surface area (TPSA) is 86.1 Å². The number of rotatable bonds is 9. The van der Waals surface area contributed by atoms with Gasteiger partial charge in [0.2, 0.25) is 5.91 Å². The molecule has 1 aromatic heterocycles. The van der Waals surface area contributed by atoms with Crippen molar-refractivity contribution >= 4 is 29.1 Å². The maximum Gasteiger partial charge on any atom is 0.224 e. The van der Waals surface area contributed by atoms with Gasteiger partial charge in [-0.2, -0.15) is 0 Å². The molecule has 0 unspecified atom stereocenters. The number of nitrogens with zero attached hydrogens (tertiary/aromatic N) is 3. The Bertz CT molecular complexity index is 971. The number of hydrogen-bond donors (Lipinski definition) is 1. The first-order chi connectivity index (χ1) is 14.1. The van der Waals surface area contributed by atoms with E-state index in [1.54, 1.807) is 31.4 Å². The van der Waals surface area contributed by atoms with Crippen LogP contribution in [0.4, 0.5) is 5.69 Å². The predicted molar refractivity (Wildman–Crippen MR) is 112 cm³/mol. The summed E-state index contributed by atoms with van der Waals surface area (Å²) >= 11 is 1.33. The van der Waals surface area contributed by atoms with Crippen molar-refractivity contribution < 1.29 is 14.3 Å². The largest absolute Gasteiger partial charge is 0.497 e. The lowest BCUT2D eigenvalue weighted by molar-refractivity contribution is -0.116. The molecule has 0 saturated carbocycles. The highest BCUT2D eigenvalue weighted by Crippen LogP contribution is 2.19. The summed E-state index contributed by atoms with van der Waals surface area (Å²) in [6, 6.07) is 16.3. The summed E-state index contributed by atoms with van der Waals surface area (Å²) in [5.41, 5.74) is 1.39. The van der Waals surface area contributed by atoms with Gasteiger partial charge in [-0.25, -0.2) is 0 Å². The molecule has 1 N–H and O–H groups in total. The molecular weight excluding hydrogens is 388 g/mol. The van der Waals surface area contributed by atoms with Gasteiger partial charge < -0.3 is 14.6 Å². The summed E-state index contributed by atoms with van der Waals surface area (Å²) in [6.07, 6.45) is 0.769. The highest BCUT2D eigenvalue weighted by Gasteiger charge is 2.14. The molecule has 0 spiro atoms. The fourth-order valence-corrected chi connectivity index (χ4v) is 3.47. The van der Waals surface area contributed by atoms with Crippen LogP contribution in [0.15, 0.2) is 59.8 Å². The van der Waals surface area contributed by atoms with Crippen molar-refractivity contribution in [2.45, 2.75) is 18.0 Å². The van der Waals surface area contributed by atoms with Crippen LogP contribution < -0.4 is 10.1 Å². The van der Waals surface area contributed by atoms with Gasteiger partial charge in [0.25, 0.3) is 0 Å². The van der Waals surface area contributed by atoms with Crippen LogP contribution in [0.3, 0.4) is 0 Å². The van der Waals surface area contributed by atoms with Crippen molar-refractivity contribution in [1.82, 2.24) is 14.8 Å². The van der Waals surface area contributed by atoms with Crippen molar-refractivity contribution in [3.8, 4) is 5.75 Å². The van der Waals surface area contributed by atoms with Gasteiger partial charge in [0.05, 0.1) is 12.9 Å². The molecule has 150 valence electrons. The third kappa shape index (κ3) is 5.68. The summed E-state index contributed by atoms with van der Waals surface area (Å²) in [5, 5.41) is 11.8. The molecular formula is C21H22N4O3S. The number of ether oxygens (including phenoxy) is 1. The normalized spacial score (nSPS) is 10.6. The molecule has 0 radical (unpaired) electrons. The number of methoxy groups -OCH3 is 1. The van der Waals surface area contributed by atoms with Crippen molar-refractivity contribution in [3.63, 3.8) is 0 Å². The van der Waals surface area contributed by atoms with E-state index in [9.17, 15) is 9.59 Å². The fraction of sp³-hybridized carbons (Fsp3) is 0.238. The lowest BCUT2D eigenvalue weighted by Gasteiger charge is -2.06. The summed E-state index contributed by atoms with van der Waals surface area (Å²) in [5.74, 6) is 1.59. The molecule has 1 amide bonds. The number of benzene rings is 2. The van der Waals surface area contributed by atoms with E-state index in [-0.39, 0.29) is 17.4 Å². The summed E-state index contributed by atoms with van der Waals surface area (Å²) < 4.78 is 6.92. The number of aromatic nitrogens is 3. The van der Waals surface area contributed by atoms with Crippen molar-refractivity contribution in [3.05, 3.63) is 66.0 Å². The SMILES string of the molecule is COc1ccc(C(=O)CSc2nnc(CCC(=O)Nc3ccccc3)n2C)cc1. The maximum absolute atomic E-state index is 12.4. The molecule has 3 rings (SSSR count). The lowest BCUT2D eigenvalue weighted by atomic mass is 10.1. The Labute approximate surface area is 173 Å². The zero-order valence-corrected chi connectivity index (χ0v) is 17.1. The van der Waals surface area contributed by atoms with Gasteiger partial charge in [0.1, 0.15) is 11.6 Å². The fourth-order valence-electron chi connectivity index (χ4n) is 2.65. The number of thioether (sulfide) groups is 1. The minimum atomic E-state index is -0.0805. The smallest absolute Gasteiger partial charge is 0.224 e. The van der Waals surface area contributed by atoms with Gasteiger partial charge in [0.15, 0.2) is 10.9 Å². The van der Waals surface area contributed by atoms with E-state index in [0.717, 1.165) is 5.69 Å². The van der Waals surface area contributed by atoms with Crippen molar-refractivity contribution in [2.24, 2.45) is 7.05 Å². The average Bonchev–Trinajstić information content (AvgIpc) is 3.10. The van der Waals surface area contributed by atoms with Crippen LogP contribution in [-0.2, 0) is 18.3 Å². The number of anilines is 1. The van der Waals surface area contributed by atoms with Crippen LogP contribution in [-0.4, -0.2) is 39.3 Å². The van der Waals surface area contributed by atoms with E-state index >= 15 is 0 Å². The zero-order chi connectivity index (χ0) is 20.6. The van der Waals surface area contributed by atoms with Crippen LogP contribution in [0, 0.1) is 0 Å². The third-order valence-electron chi connectivity index (χ3n) is 4.30. The molecule has 8 heteroatoms. The molecule has 0 aliphatic carbocycles. The Morgan fingerprint density at radius 2 is 1.79 bits per heavy atom. The molecule has 3 aromatic rings. The molecule has 0 atom stereocenters. The van der Waals surface area contributed by atoms with E-state index in [0.29, 0.717) is 35.1 Å². The standard InChI is InChI=1S/C21H22N4O3S/c1-25-19(12-13-20(27)22-16-6-4-3-5-7-16)23-24-21(25)29-14-18(26)15-8-10-17(28-2)11-9-15/h3-11H,12-14H2,1-2H3,(H,22,27). The number of carbonyl (C=O) groups excluding carboxylic acids is 2. The number of Topliss-reactive ketones (excluding diaryl/α,β-unsaturated/α-hetero) is 1. The van der Waals surface area contributed by atoms with Crippen LogP contribution in [0.2, 0.25) is 0 Å². The van der Waals surface area contributed by atoms with E-state index in [2.05, 4.69) is 15.5 Å². The predicted octanol–water partition coefficient (Wildman–Crippen LogP) is 3.37. The first kappa shape index (κ1) is 20.6. The quantitative estimate of drug-likeness (QED) is 0.430. The zero-order valence-electron chi connectivity index (χ0n) is 16.3. The number of aryl methyl sites for hydroxylation is 1. The molecule has 0 aliphatic heterocycles. The van der Waals surface area contributed by atoms with Gasteiger partial charge in [-0.1, -0.05) is 30.0 Å². The van der Waals surface area contributed by atoms with Crippen LogP contribution >= 0.6 is 11.8 Å². The first-order valence-electron chi connectivity index (χ1n) is 9.10. The third-order valence-corrected chi connectivity index (χ3v) is 5.32. The molecule has 0 aliphatic rings. The second kappa shape index (κ2) is 9.88.